The monoisotopic (exact) mass is 353 g/mol. The van der Waals surface area contributed by atoms with Gasteiger partial charge in [-0.25, -0.2) is 4.79 Å². The summed E-state index contributed by atoms with van der Waals surface area (Å²) in [6.07, 6.45) is 5.08. The van der Waals surface area contributed by atoms with Crippen LogP contribution >= 0.6 is 15.9 Å². The van der Waals surface area contributed by atoms with Crippen LogP contribution in [0.15, 0.2) is 28.7 Å². The molecule has 1 aliphatic heterocycles. The smallest absolute Gasteiger partial charge is 0.328 e. The molecule has 0 bridgehead atoms. The predicted octanol–water partition coefficient (Wildman–Crippen LogP) is 3.41. The number of hydrogen-bond donors (Lipinski definition) is 1. The summed E-state index contributed by atoms with van der Waals surface area (Å²) in [4.78, 5) is 12.8. The minimum atomic E-state index is -0.940. The molecule has 1 aliphatic rings. The Kier molecular flexibility index (Phi) is 5.82. The van der Waals surface area contributed by atoms with E-state index in [2.05, 4.69) is 27.9 Å². The van der Waals surface area contributed by atoms with Gasteiger partial charge in [0.05, 0.1) is 12.3 Å². The fourth-order valence-corrected chi connectivity index (χ4v) is 3.24. The van der Waals surface area contributed by atoms with Gasteiger partial charge in [-0.15, -0.1) is 0 Å². The maximum Gasteiger partial charge on any atom is 0.328 e. The molecule has 0 aliphatic carbocycles. The summed E-state index contributed by atoms with van der Waals surface area (Å²) >= 11 is 3.57. The van der Waals surface area contributed by atoms with E-state index in [4.69, 9.17) is 9.84 Å². The molecule has 1 heterocycles. The largest absolute Gasteiger partial charge is 0.478 e. The van der Waals surface area contributed by atoms with Crippen molar-refractivity contribution in [2.75, 3.05) is 31.7 Å². The van der Waals surface area contributed by atoms with Gasteiger partial charge in [-0.05, 0) is 58.5 Å². The van der Waals surface area contributed by atoms with Gasteiger partial charge in [-0.3, -0.25) is 0 Å². The van der Waals surface area contributed by atoms with Crippen LogP contribution in [0.1, 0.15) is 18.4 Å². The highest BCUT2D eigenvalue weighted by molar-refractivity contribution is 9.10. The van der Waals surface area contributed by atoms with Crippen LogP contribution in [0.4, 0.5) is 5.69 Å². The first kappa shape index (κ1) is 16.0. The summed E-state index contributed by atoms with van der Waals surface area (Å²) in [6.45, 7) is 2.68. The average Bonchev–Trinajstić information content (AvgIpc) is 2.46. The van der Waals surface area contributed by atoms with Crippen molar-refractivity contribution in [2.45, 2.75) is 12.8 Å². The van der Waals surface area contributed by atoms with Gasteiger partial charge in [-0.2, -0.15) is 0 Å². The molecule has 0 saturated carbocycles. The van der Waals surface area contributed by atoms with Crippen LogP contribution in [0.25, 0.3) is 6.08 Å². The number of aliphatic carboxylic acids is 1. The number of anilines is 1. The Morgan fingerprint density at radius 1 is 1.57 bits per heavy atom. The summed E-state index contributed by atoms with van der Waals surface area (Å²) in [7, 11) is 2.07. The summed E-state index contributed by atoms with van der Waals surface area (Å²) in [5.74, 6) is -0.369. The molecular formula is C16H20BrNO3. The number of carboxylic acid groups (broad SMARTS) is 1. The van der Waals surface area contributed by atoms with Crippen molar-refractivity contribution in [1.29, 1.82) is 0 Å². The van der Waals surface area contributed by atoms with E-state index in [0.717, 1.165) is 48.0 Å². The lowest BCUT2D eigenvalue weighted by Gasteiger charge is -2.29. The van der Waals surface area contributed by atoms with E-state index < -0.39 is 5.97 Å². The summed E-state index contributed by atoms with van der Waals surface area (Å²) in [5, 5.41) is 8.65. The Morgan fingerprint density at radius 2 is 2.38 bits per heavy atom. The molecule has 1 saturated heterocycles. The topological polar surface area (TPSA) is 49.8 Å². The molecule has 1 atom stereocenters. The second kappa shape index (κ2) is 7.61. The van der Waals surface area contributed by atoms with Crippen LogP contribution in [-0.2, 0) is 9.53 Å². The molecule has 1 fully saturated rings. The third kappa shape index (κ3) is 4.86. The average molecular weight is 354 g/mol. The van der Waals surface area contributed by atoms with Gasteiger partial charge < -0.3 is 14.7 Å². The Morgan fingerprint density at radius 3 is 3.00 bits per heavy atom. The SMILES string of the molecule is CN(CC1CCCOC1)c1ccc(/C=C/C(=O)O)cc1Br. The minimum absolute atomic E-state index is 0.572. The lowest BCUT2D eigenvalue weighted by atomic mass is 10.0. The van der Waals surface area contributed by atoms with E-state index in [0.29, 0.717) is 5.92 Å². The number of halogens is 1. The predicted molar refractivity (Wildman–Crippen MR) is 87.6 cm³/mol. The Bertz CT molecular complexity index is 524. The fourth-order valence-electron chi connectivity index (χ4n) is 2.54. The lowest BCUT2D eigenvalue weighted by molar-refractivity contribution is -0.131. The summed E-state index contributed by atoms with van der Waals surface area (Å²) in [5.41, 5.74) is 1.97. The van der Waals surface area contributed by atoms with Gasteiger partial charge in [0.2, 0.25) is 0 Å². The van der Waals surface area contributed by atoms with Gasteiger partial charge >= 0.3 is 5.97 Å². The standard InChI is InChI=1S/C16H20BrNO3/c1-18(10-13-3-2-8-21-11-13)15-6-4-12(9-14(15)17)5-7-16(19)20/h4-7,9,13H,2-3,8,10-11H2,1H3,(H,19,20)/b7-5+. The molecule has 4 nitrogen and oxygen atoms in total. The number of carboxylic acids is 1. The van der Waals surface area contributed by atoms with Crippen molar-refractivity contribution in [2.24, 2.45) is 5.92 Å². The summed E-state index contributed by atoms with van der Waals surface area (Å²) in [6, 6.07) is 5.87. The number of benzene rings is 1. The van der Waals surface area contributed by atoms with Crippen molar-refractivity contribution in [3.8, 4) is 0 Å². The first-order valence-corrected chi connectivity index (χ1v) is 7.85. The maximum absolute atomic E-state index is 10.5. The number of nitrogens with zero attached hydrogens (tertiary/aromatic N) is 1. The van der Waals surface area contributed by atoms with Gasteiger partial charge in [-0.1, -0.05) is 6.07 Å². The number of rotatable bonds is 5. The second-order valence-corrected chi connectivity index (χ2v) is 6.20. The number of carbonyl (C=O) groups is 1. The molecule has 114 valence electrons. The highest BCUT2D eigenvalue weighted by Crippen LogP contribution is 2.28. The van der Waals surface area contributed by atoms with Gasteiger partial charge in [0.1, 0.15) is 0 Å². The van der Waals surface area contributed by atoms with Crippen LogP contribution in [0.3, 0.4) is 0 Å². The molecule has 21 heavy (non-hydrogen) atoms. The highest BCUT2D eigenvalue weighted by atomic mass is 79.9. The zero-order valence-electron chi connectivity index (χ0n) is 12.1. The molecule has 0 amide bonds. The third-order valence-electron chi connectivity index (χ3n) is 3.59. The normalized spacial score (nSPS) is 18.9. The van der Waals surface area contributed by atoms with Crippen molar-refractivity contribution < 1.29 is 14.6 Å². The molecule has 1 unspecified atom stereocenters. The van der Waals surface area contributed by atoms with E-state index in [-0.39, 0.29) is 0 Å². The Balaban J connectivity index is 2.03. The first-order chi connectivity index (χ1) is 10.1. The van der Waals surface area contributed by atoms with E-state index >= 15 is 0 Å². The van der Waals surface area contributed by atoms with E-state index in [1.165, 1.54) is 6.42 Å². The summed E-state index contributed by atoms with van der Waals surface area (Å²) < 4.78 is 6.49. The molecule has 0 aromatic heterocycles. The quantitative estimate of drug-likeness (QED) is 0.824. The molecular weight excluding hydrogens is 334 g/mol. The maximum atomic E-state index is 10.5. The lowest BCUT2D eigenvalue weighted by Crippen LogP contribution is -2.31. The molecule has 0 radical (unpaired) electrons. The first-order valence-electron chi connectivity index (χ1n) is 7.05. The molecule has 1 aromatic carbocycles. The number of hydrogen-bond acceptors (Lipinski definition) is 3. The molecule has 0 spiro atoms. The highest BCUT2D eigenvalue weighted by Gasteiger charge is 2.17. The van der Waals surface area contributed by atoms with E-state index in [9.17, 15) is 4.79 Å². The van der Waals surface area contributed by atoms with E-state index in [1.54, 1.807) is 6.08 Å². The zero-order chi connectivity index (χ0) is 15.2. The minimum Gasteiger partial charge on any atom is -0.478 e. The van der Waals surface area contributed by atoms with Gasteiger partial charge in [0.15, 0.2) is 0 Å². The van der Waals surface area contributed by atoms with Crippen LogP contribution in [0.2, 0.25) is 0 Å². The van der Waals surface area contributed by atoms with Crippen molar-refractivity contribution in [3.63, 3.8) is 0 Å². The van der Waals surface area contributed by atoms with Gasteiger partial charge in [0, 0.05) is 30.7 Å². The fraction of sp³-hybridized carbons (Fsp3) is 0.438. The second-order valence-electron chi connectivity index (χ2n) is 5.35. The van der Waals surface area contributed by atoms with Crippen LogP contribution in [-0.4, -0.2) is 37.9 Å². The zero-order valence-corrected chi connectivity index (χ0v) is 13.7. The van der Waals surface area contributed by atoms with Crippen LogP contribution in [0, 0.1) is 5.92 Å². The molecule has 5 heteroatoms. The molecule has 1 aromatic rings. The Hall–Kier alpha value is -1.33. The van der Waals surface area contributed by atoms with Crippen molar-refractivity contribution >= 4 is 33.7 Å². The molecule has 2 rings (SSSR count). The van der Waals surface area contributed by atoms with Gasteiger partial charge in [0.25, 0.3) is 0 Å². The van der Waals surface area contributed by atoms with E-state index in [1.807, 2.05) is 18.2 Å². The molecule has 1 N–H and O–H groups in total. The van der Waals surface area contributed by atoms with Crippen molar-refractivity contribution in [1.82, 2.24) is 0 Å². The third-order valence-corrected chi connectivity index (χ3v) is 4.22. The van der Waals surface area contributed by atoms with Crippen molar-refractivity contribution in [3.05, 3.63) is 34.3 Å². The van der Waals surface area contributed by atoms with Crippen LogP contribution in [0.5, 0.6) is 0 Å². The Labute approximate surface area is 133 Å². The van der Waals surface area contributed by atoms with Crippen LogP contribution < -0.4 is 4.90 Å². The number of ether oxygens (including phenoxy) is 1.